The van der Waals surface area contributed by atoms with Gasteiger partial charge < -0.3 is 9.84 Å². The molecule has 0 aromatic heterocycles. The van der Waals surface area contributed by atoms with Crippen LogP contribution in [0.2, 0.25) is 0 Å². The molecular formula is C18H17FO3. The van der Waals surface area contributed by atoms with Gasteiger partial charge in [0.25, 0.3) is 0 Å². The maximum Gasteiger partial charge on any atom is 0.328 e. The summed E-state index contributed by atoms with van der Waals surface area (Å²) >= 11 is 0. The number of hydrogen-bond donors (Lipinski definition) is 1. The SMILES string of the molecule is COc1ccc(F)cc1-c1ccc(C/C(C)=C/C(=O)O)cc1. The number of benzene rings is 2. The first-order chi connectivity index (χ1) is 10.5. The Morgan fingerprint density at radius 2 is 1.91 bits per heavy atom. The highest BCUT2D eigenvalue weighted by molar-refractivity contribution is 5.80. The van der Waals surface area contributed by atoms with Gasteiger partial charge in [0.2, 0.25) is 0 Å². The zero-order valence-electron chi connectivity index (χ0n) is 12.5. The van der Waals surface area contributed by atoms with Crippen molar-refractivity contribution < 1.29 is 19.0 Å². The third kappa shape index (κ3) is 3.95. The van der Waals surface area contributed by atoms with Gasteiger partial charge in [-0.2, -0.15) is 0 Å². The third-order valence-electron chi connectivity index (χ3n) is 3.28. The number of rotatable bonds is 5. The molecule has 0 atom stereocenters. The molecule has 2 aromatic rings. The molecule has 0 fully saturated rings. The highest BCUT2D eigenvalue weighted by Crippen LogP contribution is 2.30. The summed E-state index contributed by atoms with van der Waals surface area (Å²) in [7, 11) is 1.55. The van der Waals surface area contributed by atoms with Gasteiger partial charge in [0.05, 0.1) is 7.11 Å². The Morgan fingerprint density at radius 3 is 2.50 bits per heavy atom. The van der Waals surface area contributed by atoms with Crippen molar-refractivity contribution in [1.29, 1.82) is 0 Å². The zero-order chi connectivity index (χ0) is 16.1. The van der Waals surface area contributed by atoms with Crippen LogP contribution < -0.4 is 4.74 Å². The van der Waals surface area contributed by atoms with Crippen LogP contribution in [0.5, 0.6) is 5.75 Å². The van der Waals surface area contributed by atoms with Crippen LogP contribution in [0.4, 0.5) is 4.39 Å². The molecule has 114 valence electrons. The van der Waals surface area contributed by atoms with Gasteiger partial charge in [-0.25, -0.2) is 9.18 Å². The summed E-state index contributed by atoms with van der Waals surface area (Å²) in [5.74, 6) is -0.658. The number of methoxy groups -OCH3 is 1. The van der Waals surface area contributed by atoms with Crippen molar-refractivity contribution in [2.75, 3.05) is 7.11 Å². The molecule has 2 aromatic carbocycles. The Labute approximate surface area is 128 Å². The van der Waals surface area contributed by atoms with E-state index >= 15 is 0 Å². The number of hydrogen-bond acceptors (Lipinski definition) is 2. The largest absolute Gasteiger partial charge is 0.496 e. The lowest BCUT2D eigenvalue weighted by Crippen LogP contribution is -1.94. The predicted molar refractivity (Wildman–Crippen MR) is 83.5 cm³/mol. The first-order valence-electron chi connectivity index (χ1n) is 6.82. The maximum absolute atomic E-state index is 13.4. The zero-order valence-corrected chi connectivity index (χ0v) is 12.5. The molecule has 0 aliphatic carbocycles. The summed E-state index contributed by atoms with van der Waals surface area (Å²) in [5.41, 5.74) is 3.30. The van der Waals surface area contributed by atoms with E-state index in [9.17, 15) is 9.18 Å². The van der Waals surface area contributed by atoms with E-state index in [0.29, 0.717) is 17.7 Å². The van der Waals surface area contributed by atoms with E-state index < -0.39 is 5.97 Å². The minimum absolute atomic E-state index is 0.319. The number of aliphatic carboxylic acids is 1. The van der Waals surface area contributed by atoms with Gasteiger partial charge in [0.15, 0.2) is 0 Å². The summed E-state index contributed by atoms with van der Waals surface area (Å²) in [4.78, 5) is 10.6. The first kappa shape index (κ1) is 15.8. The molecule has 0 unspecified atom stereocenters. The average Bonchev–Trinajstić information content (AvgIpc) is 2.47. The van der Waals surface area contributed by atoms with E-state index in [2.05, 4.69) is 0 Å². The lowest BCUT2D eigenvalue weighted by Gasteiger charge is -2.09. The van der Waals surface area contributed by atoms with Crippen molar-refractivity contribution in [3.63, 3.8) is 0 Å². The smallest absolute Gasteiger partial charge is 0.328 e. The molecule has 0 aliphatic heterocycles. The van der Waals surface area contributed by atoms with Gasteiger partial charge in [0, 0.05) is 11.6 Å². The predicted octanol–water partition coefficient (Wildman–Crippen LogP) is 4.07. The molecule has 0 aliphatic rings. The van der Waals surface area contributed by atoms with Crippen LogP contribution in [0, 0.1) is 5.82 Å². The van der Waals surface area contributed by atoms with Gasteiger partial charge in [0.1, 0.15) is 11.6 Å². The molecule has 0 saturated heterocycles. The molecule has 0 spiro atoms. The molecule has 0 bridgehead atoms. The molecule has 3 nitrogen and oxygen atoms in total. The van der Waals surface area contributed by atoms with Gasteiger partial charge in [-0.1, -0.05) is 29.8 Å². The van der Waals surface area contributed by atoms with E-state index in [0.717, 1.165) is 16.7 Å². The Kier molecular flexibility index (Phi) is 4.94. The van der Waals surface area contributed by atoms with Crippen molar-refractivity contribution in [3.05, 3.63) is 65.5 Å². The van der Waals surface area contributed by atoms with Crippen molar-refractivity contribution in [2.45, 2.75) is 13.3 Å². The normalized spacial score (nSPS) is 11.3. The Bertz CT molecular complexity index is 703. The minimum Gasteiger partial charge on any atom is -0.496 e. The molecule has 0 amide bonds. The van der Waals surface area contributed by atoms with Crippen LogP contribution in [-0.4, -0.2) is 18.2 Å². The number of allylic oxidation sites excluding steroid dienone is 1. The molecule has 2 rings (SSSR count). The van der Waals surface area contributed by atoms with E-state index in [1.165, 1.54) is 18.2 Å². The third-order valence-corrected chi connectivity index (χ3v) is 3.28. The van der Waals surface area contributed by atoms with Gasteiger partial charge in [-0.3, -0.25) is 0 Å². The second-order valence-electron chi connectivity index (χ2n) is 5.05. The van der Waals surface area contributed by atoms with Crippen molar-refractivity contribution in [2.24, 2.45) is 0 Å². The van der Waals surface area contributed by atoms with Crippen LogP contribution >= 0.6 is 0 Å². The second kappa shape index (κ2) is 6.89. The van der Waals surface area contributed by atoms with E-state index in [4.69, 9.17) is 9.84 Å². The van der Waals surface area contributed by atoms with Crippen LogP contribution in [0.1, 0.15) is 12.5 Å². The summed E-state index contributed by atoms with van der Waals surface area (Å²) in [5, 5.41) is 8.71. The van der Waals surface area contributed by atoms with Crippen molar-refractivity contribution >= 4 is 5.97 Å². The van der Waals surface area contributed by atoms with E-state index in [-0.39, 0.29) is 5.82 Å². The summed E-state index contributed by atoms with van der Waals surface area (Å²) in [6.07, 6.45) is 1.76. The van der Waals surface area contributed by atoms with Gasteiger partial charge in [-0.05, 0) is 42.7 Å². The molecular weight excluding hydrogens is 283 g/mol. The Morgan fingerprint density at radius 1 is 1.23 bits per heavy atom. The fourth-order valence-electron chi connectivity index (χ4n) is 2.29. The Hall–Kier alpha value is -2.62. The molecule has 0 heterocycles. The average molecular weight is 300 g/mol. The topological polar surface area (TPSA) is 46.5 Å². The fraction of sp³-hybridized carbons (Fsp3) is 0.167. The molecule has 4 heteroatoms. The highest BCUT2D eigenvalue weighted by Gasteiger charge is 2.07. The minimum atomic E-state index is -0.946. The second-order valence-corrected chi connectivity index (χ2v) is 5.05. The number of halogens is 1. The van der Waals surface area contributed by atoms with Crippen molar-refractivity contribution in [1.82, 2.24) is 0 Å². The quantitative estimate of drug-likeness (QED) is 0.846. The number of carboxylic acids is 1. The molecule has 0 saturated carbocycles. The van der Waals surface area contributed by atoms with Crippen LogP contribution in [0.15, 0.2) is 54.1 Å². The first-order valence-corrected chi connectivity index (χ1v) is 6.82. The van der Waals surface area contributed by atoms with Crippen LogP contribution in [0.3, 0.4) is 0 Å². The van der Waals surface area contributed by atoms with Crippen LogP contribution in [-0.2, 0) is 11.2 Å². The molecule has 0 radical (unpaired) electrons. The summed E-state index contributed by atoms with van der Waals surface area (Å²) in [6.45, 7) is 1.78. The lowest BCUT2D eigenvalue weighted by molar-refractivity contribution is -0.131. The molecule has 1 N–H and O–H groups in total. The van der Waals surface area contributed by atoms with Gasteiger partial charge >= 0.3 is 5.97 Å². The standard InChI is InChI=1S/C18H17FO3/c1-12(10-18(20)21)9-13-3-5-14(6-4-13)16-11-15(19)7-8-17(16)22-2/h3-8,10-11H,9H2,1-2H3,(H,20,21)/b12-10+. The highest BCUT2D eigenvalue weighted by atomic mass is 19.1. The van der Waals surface area contributed by atoms with Crippen LogP contribution in [0.25, 0.3) is 11.1 Å². The monoisotopic (exact) mass is 300 g/mol. The van der Waals surface area contributed by atoms with E-state index in [1.54, 1.807) is 20.1 Å². The maximum atomic E-state index is 13.4. The lowest BCUT2D eigenvalue weighted by atomic mass is 10.00. The number of carboxylic acid groups (broad SMARTS) is 1. The molecule has 22 heavy (non-hydrogen) atoms. The number of carbonyl (C=O) groups is 1. The summed E-state index contributed by atoms with van der Waals surface area (Å²) in [6, 6.07) is 11.9. The fourth-order valence-corrected chi connectivity index (χ4v) is 2.29. The Balaban J connectivity index is 2.26. The number of ether oxygens (including phenoxy) is 1. The van der Waals surface area contributed by atoms with Crippen molar-refractivity contribution in [3.8, 4) is 16.9 Å². The van der Waals surface area contributed by atoms with E-state index in [1.807, 2.05) is 24.3 Å². The van der Waals surface area contributed by atoms with Gasteiger partial charge in [-0.15, -0.1) is 0 Å². The summed E-state index contributed by atoms with van der Waals surface area (Å²) < 4.78 is 18.7.